The van der Waals surface area contributed by atoms with E-state index in [1.807, 2.05) is 43.3 Å². The molecular weight excluding hydrogens is 320 g/mol. The highest BCUT2D eigenvalue weighted by atomic mass is 32.1. The molecule has 5 heteroatoms. The summed E-state index contributed by atoms with van der Waals surface area (Å²) in [6.07, 6.45) is 4.06. The summed E-state index contributed by atoms with van der Waals surface area (Å²) < 4.78 is 6.40. The lowest BCUT2D eigenvalue weighted by Crippen LogP contribution is -2.07. The number of benzene rings is 2. The quantitative estimate of drug-likeness (QED) is 0.355. The molecule has 0 aliphatic rings. The average Bonchev–Trinajstić information content (AvgIpc) is 3.02. The second kappa shape index (κ2) is 7.84. The first kappa shape index (κ1) is 16.3. The van der Waals surface area contributed by atoms with Crippen LogP contribution in [0.25, 0.3) is 10.2 Å². The number of rotatable bonds is 6. The van der Waals surface area contributed by atoms with Crippen LogP contribution in [0.5, 0.6) is 5.75 Å². The van der Waals surface area contributed by atoms with E-state index in [0.717, 1.165) is 33.8 Å². The molecule has 0 saturated carbocycles. The van der Waals surface area contributed by atoms with Gasteiger partial charge in [-0.05, 0) is 48.4 Å². The number of thiazole rings is 1. The molecule has 3 aromatic rings. The summed E-state index contributed by atoms with van der Waals surface area (Å²) in [5.41, 5.74) is 1.90. The number of nitrogens with zero attached hydrogens (tertiary/aromatic N) is 2. The van der Waals surface area contributed by atoms with E-state index in [4.69, 9.17) is 4.74 Å². The maximum atomic E-state index is 11.6. The molecule has 0 N–H and O–H groups in total. The Balaban J connectivity index is 1.64. The number of esters is 1. The van der Waals surface area contributed by atoms with Crippen molar-refractivity contribution in [1.29, 1.82) is 0 Å². The van der Waals surface area contributed by atoms with E-state index in [1.165, 1.54) is 0 Å². The molecule has 0 atom stereocenters. The number of fused-ring (bicyclic) bond motifs is 1. The first-order valence-electron chi connectivity index (χ1n) is 7.95. The van der Waals surface area contributed by atoms with Gasteiger partial charge < -0.3 is 4.74 Å². The van der Waals surface area contributed by atoms with E-state index in [2.05, 4.69) is 9.98 Å². The van der Waals surface area contributed by atoms with Crippen molar-refractivity contribution < 1.29 is 9.53 Å². The predicted molar refractivity (Wildman–Crippen MR) is 98.5 cm³/mol. The molecule has 2 aromatic carbocycles. The van der Waals surface area contributed by atoms with Crippen molar-refractivity contribution in [3.8, 4) is 5.75 Å². The monoisotopic (exact) mass is 338 g/mol. The Hall–Kier alpha value is -2.53. The van der Waals surface area contributed by atoms with Gasteiger partial charge in [-0.15, -0.1) is 0 Å². The van der Waals surface area contributed by atoms with Crippen molar-refractivity contribution in [2.24, 2.45) is 4.99 Å². The van der Waals surface area contributed by atoms with Gasteiger partial charge in [0.15, 0.2) is 0 Å². The molecule has 0 aliphatic carbocycles. The zero-order valence-corrected chi connectivity index (χ0v) is 14.3. The fourth-order valence-electron chi connectivity index (χ4n) is 2.17. The first-order chi connectivity index (χ1) is 11.7. The van der Waals surface area contributed by atoms with Crippen molar-refractivity contribution in [2.75, 3.05) is 0 Å². The maximum Gasteiger partial charge on any atom is 0.311 e. The Bertz CT molecular complexity index is 820. The number of hydrogen-bond donors (Lipinski definition) is 0. The molecule has 0 unspecified atom stereocenters. The van der Waals surface area contributed by atoms with E-state index >= 15 is 0 Å². The third-order valence-electron chi connectivity index (χ3n) is 3.45. The van der Waals surface area contributed by atoms with E-state index in [-0.39, 0.29) is 5.97 Å². The van der Waals surface area contributed by atoms with Crippen LogP contribution in [0.3, 0.4) is 0 Å². The minimum atomic E-state index is -0.187. The van der Waals surface area contributed by atoms with Crippen LogP contribution in [-0.2, 0) is 4.79 Å². The van der Waals surface area contributed by atoms with E-state index in [1.54, 1.807) is 29.7 Å². The van der Waals surface area contributed by atoms with E-state index in [9.17, 15) is 4.79 Å². The summed E-state index contributed by atoms with van der Waals surface area (Å²) in [6, 6.07) is 15.3. The molecule has 0 amide bonds. The van der Waals surface area contributed by atoms with Crippen molar-refractivity contribution in [3.05, 3.63) is 54.1 Å². The first-order valence-corrected chi connectivity index (χ1v) is 8.76. The van der Waals surface area contributed by atoms with Gasteiger partial charge in [-0.2, -0.15) is 0 Å². The van der Waals surface area contributed by atoms with Crippen molar-refractivity contribution >= 4 is 38.9 Å². The smallest absolute Gasteiger partial charge is 0.311 e. The number of carbonyl (C=O) groups excluding carboxylic acids is 1. The van der Waals surface area contributed by atoms with Crippen LogP contribution in [-0.4, -0.2) is 17.2 Å². The lowest BCUT2D eigenvalue weighted by atomic mass is 10.2. The summed E-state index contributed by atoms with van der Waals surface area (Å²) in [5, 5.41) is 0.728. The molecule has 0 bridgehead atoms. The van der Waals surface area contributed by atoms with E-state index in [0.29, 0.717) is 12.2 Å². The molecule has 24 heavy (non-hydrogen) atoms. The molecule has 0 fully saturated rings. The number of unbranched alkanes of at least 4 members (excludes halogenated alkanes) is 1. The van der Waals surface area contributed by atoms with Gasteiger partial charge in [0.2, 0.25) is 5.13 Å². The number of aliphatic imine (C=N–C) groups is 1. The van der Waals surface area contributed by atoms with Gasteiger partial charge in [0.05, 0.1) is 10.2 Å². The van der Waals surface area contributed by atoms with Crippen LogP contribution < -0.4 is 4.74 Å². The molecule has 1 aromatic heterocycles. The topological polar surface area (TPSA) is 51.5 Å². The van der Waals surface area contributed by atoms with Crippen LogP contribution in [0.15, 0.2) is 53.5 Å². The van der Waals surface area contributed by atoms with Gasteiger partial charge in [-0.1, -0.05) is 36.8 Å². The SMILES string of the molecule is CCCCC(=O)Oc1ccc(/C=N/c2nc3ccccc3s2)cc1. The largest absolute Gasteiger partial charge is 0.427 e. The molecule has 0 saturated heterocycles. The molecule has 0 aliphatic heterocycles. The zero-order valence-electron chi connectivity index (χ0n) is 13.4. The average molecular weight is 338 g/mol. The van der Waals surface area contributed by atoms with Gasteiger partial charge in [0, 0.05) is 12.6 Å². The van der Waals surface area contributed by atoms with Crippen LogP contribution in [0, 0.1) is 0 Å². The zero-order chi connectivity index (χ0) is 16.8. The van der Waals surface area contributed by atoms with Crippen molar-refractivity contribution in [2.45, 2.75) is 26.2 Å². The van der Waals surface area contributed by atoms with Gasteiger partial charge in [-0.25, -0.2) is 9.98 Å². The molecule has 0 radical (unpaired) electrons. The standard InChI is InChI=1S/C19H18N2O2S/c1-2-3-8-18(22)23-15-11-9-14(10-12-15)13-20-19-21-16-6-4-5-7-17(16)24-19/h4-7,9-13H,2-3,8H2,1H3/b20-13+. The number of hydrogen-bond acceptors (Lipinski definition) is 5. The highest BCUT2D eigenvalue weighted by Gasteiger charge is 2.04. The second-order valence-corrected chi connectivity index (χ2v) is 6.38. The third kappa shape index (κ3) is 4.26. The number of ether oxygens (including phenoxy) is 1. The Morgan fingerprint density at radius 1 is 1.21 bits per heavy atom. The molecule has 0 spiro atoms. The minimum absolute atomic E-state index is 0.187. The van der Waals surface area contributed by atoms with Crippen LogP contribution in [0.1, 0.15) is 31.7 Å². The molecule has 3 rings (SSSR count). The Morgan fingerprint density at radius 2 is 2.00 bits per heavy atom. The van der Waals surface area contributed by atoms with Gasteiger partial charge >= 0.3 is 5.97 Å². The van der Waals surface area contributed by atoms with Gasteiger partial charge in [0.1, 0.15) is 5.75 Å². The maximum absolute atomic E-state index is 11.6. The second-order valence-electron chi connectivity index (χ2n) is 5.37. The van der Waals surface area contributed by atoms with Crippen LogP contribution in [0.2, 0.25) is 0 Å². The summed E-state index contributed by atoms with van der Waals surface area (Å²) in [7, 11) is 0. The van der Waals surface area contributed by atoms with Gasteiger partial charge in [0.25, 0.3) is 0 Å². The Labute approximate surface area is 144 Å². The fraction of sp³-hybridized carbons (Fsp3) is 0.211. The summed E-state index contributed by atoms with van der Waals surface area (Å²) >= 11 is 1.56. The predicted octanol–water partition coefficient (Wildman–Crippen LogP) is 5.14. The van der Waals surface area contributed by atoms with E-state index < -0.39 is 0 Å². The summed E-state index contributed by atoms with van der Waals surface area (Å²) in [5.74, 6) is 0.376. The van der Waals surface area contributed by atoms with Crippen molar-refractivity contribution in [3.63, 3.8) is 0 Å². The Kier molecular flexibility index (Phi) is 5.33. The normalized spacial score (nSPS) is 11.2. The number of carbonyl (C=O) groups is 1. The molecule has 4 nitrogen and oxygen atoms in total. The number of aromatic nitrogens is 1. The fourth-order valence-corrected chi connectivity index (χ4v) is 2.98. The minimum Gasteiger partial charge on any atom is -0.427 e. The van der Waals surface area contributed by atoms with Crippen LogP contribution in [0.4, 0.5) is 5.13 Å². The summed E-state index contributed by atoms with van der Waals surface area (Å²) in [6.45, 7) is 2.05. The van der Waals surface area contributed by atoms with Crippen LogP contribution >= 0.6 is 11.3 Å². The lowest BCUT2D eigenvalue weighted by molar-refractivity contribution is -0.134. The highest BCUT2D eigenvalue weighted by Crippen LogP contribution is 2.27. The molecule has 122 valence electrons. The van der Waals surface area contributed by atoms with Crippen molar-refractivity contribution in [1.82, 2.24) is 4.98 Å². The molecular formula is C19H18N2O2S. The summed E-state index contributed by atoms with van der Waals surface area (Å²) in [4.78, 5) is 20.5. The van der Waals surface area contributed by atoms with Gasteiger partial charge in [-0.3, -0.25) is 4.79 Å². The highest BCUT2D eigenvalue weighted by molar-refractivity contribution is 7.22. The lowest BCUT2D eigenvalue weighted by Gasteiger charge is -2.03. The molecule has 1 heterocycles. The Morgan fingerprint density at radius 3 is 2.75 bits per heavy atom. The third-order valence-corrected chi connectivity index (χ3v) is 4.40. The number of para-hydroxylation sites is 1.